The predicted molar refractivity (Wildman–Crippen MR) is 131 cm³/mol. The summed E-state index contributed by atoms with van der Waals surface area (Å²) in [5, 5.41) is 3.25. The fourth-order valence-corrected chi connectivity index (χ4v) is 2.93. The van der Waals surface area contributed by atoms with E-state index in [1.54, 1.807) is 54.6 Å². The molecule has 0 bridgehead atoms. The number of ether oxygens (including phenoxy) is 1. The molecule has 0 aromatic heterocycles. The number of benzene rings is 3. The summed E-state index contributed by atoms with van der Waals surface area (Å²) in [6, 6.07) is 23.3. The molecule has 0 aliphatic heterocycles. The second kappa shape index (κ2) is 12.8. The molecule has 0 saturated heterocycles. The van der Waals surface area contributed by atoms with Crippen molar-refractivity contribution in [2.24, 2.45) is 0 Å². The Morgan fingerprint density at radius 3 is 2.26 bits per heavy atom. The molecule has 0 fully saturated rings. The number of hydrogen-bond donors (Lipinski definition) is 3. The van der Waals surface area contributed by atoms with E-state index < -0.39 is 11.8 Å². The van der Waals surface area contributed by atoms with Gasteiger partial charge in [-0.2, -0.15) is 0 Å². The summed E-state index contributed by atoms with van der Waals surface area (Å²) in [7, 11) is 0. The van der Waals surface area contributed by atoms with Crippen molar-refractivity contribution in [3.05, 3.63) is 107 Å². The summed E-state index contributed by atoms with van der Waals surface area (Å²) >= 11 is 5.85. The van der Waals surface area contributed by atoms with E-state index in [4.69, 9.17) is 16.3 Å². The second-order valence-electron chi connectivity index (χ2n) is 7.23. The lowest BCUT2D eigenvalue weighted by atomic mass is 10.1. The molecule has 0 saturated carbocycles. The minimum Gasteiger partial charge on any atom is -0.489 e. The van der Waals surface area contributed by atoms with E-state index in [1.165, 1.54) is 6.08 Å². The van der Waals surface area contributed by atoms with Crippen molar-refractivity contribution in [2.45, 2.75) is 13.0 Å². The van der Waals surface area contributed by atoms with Gasteiger partial charge in [-0.1, -0.05) is 54.1 Å². The summed E-state index contributed by atoms with van der Waals surface area (Å²) in [6.07, 6.45) is 3.11. The first-order valence-corrected chi connectivity index (χ1v) is 10.9. The number of carbonyl (C=O) groups excluding carboxylic acids is 3. The van der Waals surface area contributed by atoms with Gasteiger partial charge in [0.1, 0.15) is 12.4 Å². The minimum absolute atomic E-state index is 0.0200. The average Bonchev–Trinajstić information content (AvgIpc) is 2.86. The van der Waals surface area contributed by atoms with Crippen LogP contribution < -0.4 is 20.9 Å². The zero-order chi connectivity index (χ0) is 24.2. The zero-order valence-corrected chi connectivity index (χ0v) is 19.0. The standard InChI is InChI=1S/C26H24ClN3O4/c27-22-11-13-23(14-12-22)34-18-20-6-9-21(10-7-20)26(33)30-29-25(32)16-17-28-24(31)15-8-19-4-2-1-3-5-19/h1-15H,16-18H2,(H,28,31)(H,29,32)(H,30,33). The van der Waals surface area contributed by atoms with Gasteiger partial charge in [-0.05, 0) is 53.6 Å². The molecule has 3 N–H and O–H groups in total. The third-order valence-corrected chi connectivity index (χ3v) is 4.88. The van der Waals surface area contributed by atoms with Crippen LogP contribution in [0.25, 0.3) is 6.08 Å². The first-order valence-electron chi connectivity index (χ1n) is 10.6. The molecule has 8 heteroatoms. The van der Waals surface area contributed by atoms with Crippen molar-refractivity contribution in [3.63, 3.8) is 0 Å². The number of amides is 3. The van der Waals surface area contributed by atoms with Gasteiger partial charge >= 0.3 is 0 Å². The average molecular weight is 478 g/mol. The summed E-state index contributed by atoms with van der Waals surface area (Å²) in [5.41, 5.74) is 6.86. The minimum atomic E-state index is -0.451. The largest absolute Gasteiger partial charge is 0.489 e. The topological polar surface area (TPSA) is 96.5 Å². The van der Waals surface area contributed by atoms with Crippen LogP contribution in [-0.2, 0) is 16.2 Å². The highest BCUT2D eigenvalue weighted by Gasteiger charge is 2.08. The Hall–Kier alpha value is -4.10. The molecule has 0 aliphatic carbocycles. The van der Waals surface area contributed by atoms with Crippen LogP contribution in [0, 0.1) is 0 Å². The first-order chi connectivity index (χ1) is 16.5. The van der Waals surface area contributed by atoms with E-state index in [2.05, 4.69) is 16.2 Å². The van der Waals surface area contributed by atoms with Crippen molar-refractivity contribution >= 4 is 35.4 Å². The van der Waals surface area contributed by atoms with Gasteiger partial charge in [-0.15, -0.1) is 0 Å². The van der Waals surface area contributed by atoms with Gasteiger partial charge in [0.2, 0.25) is 11.8 Å². The predicted octanol–water partition coefficient (Wildman–Crippen LogP) is 3.90. The first kappa shape index (κ1) is 24.5. The third kappa shape index (κ3) is 8.44. The van der Waals surface area contributed by atoms with Gasteiger partial charge < -0.3 is 10.1 Å². The molecule has 0 aliphatic rings. The van der Waals surface area contributed by atoms with Crippen molar-refractivity contribution in [1.29, 1.82) is 0 Å². The quantitative estimate of drug-likeness (QED) is 0.321. The Labute approximate surface area is 202 Å². The maximum absolute atomic E-state index is 12.2. The molecule has 0 spiro atoms. The molecule has 0 unspecified atom stereocenters. The van der Waals surface area contributed by atoms with Gasteiger partial charge in [-0.3, -0.25) is 25.2 Å². The Kier molecular flexibility index (Phi) is 9.25. The molecular formula is C26H24ClN3O4. The van der Waals surface area contributed by atoms with Crippen LogP contribution in [0.1, 0.15) is 27.9 Å². The maximum atomic E-state index is 12.2. The summed E-state index contributed by atoms with van der Waals surface area (Å²) < 4.78 is 5.67. The Morgan fingerprint density at radius 1 is 0.853 bits per heavy atom. The normalized spacial score (nSPS) is 10.5. The highest BCUT2D eigenvalue weighted by atomic mass is 35.5. The van der Waals surface area contributed by atoms with Gasteiger partial charge in [0.25, 0.3) is 5.91 Å². The number of hydrogen-bond acceptors (Lipinski definition) is 4. The van der Waals surface area contributed by atoms with Crippen LogP contribution in [0.15, 0.2) is 84.9 Å². The Balaban J connectivity index is 1.34. The van der Waals surface area contributed by atoms with E-state index in [-0.39, 0.29) is 18.9 Å². The molecule has 3 aromatic carbocycles. The molecule has 3 amide bonds. The number of halogens is 1. The third-order valence-electron chi connectivity index (χ3n) is 4.63. The maximum Gasteiger partial charge on any atom is 0.269 e. The van der Waals surface area contributed by atoms with Crippen LogP contribution in [0.4, 0.5) is 0 Å². The molecule has 3 rings (SSSR count). The highest BCUT2D eigenvalue weighted by Crippen LogP contribution is 2.17. The van der Waals surface area contributed by atoms with Crippen LogP contribution in [0.3, 0.4) is 0 Å². The monoisotopic (exact) mass is 477 g/mol. The summed E-state index contributed by atoms with van der Waals surface area (Å²) in [5.74, 6) is -0.486. The van der Waals surface area contributed by atoms with Crippen molar-refractivity contribution < 1.29 is 19.1 Å². The number of carbonyl (C=O) groups is 3. The van der Waals surface area contributed by atoms with Crippen LogP contribution in [0.2, 0.25) is 5.02 Å². The number of rotatable bonds is 9. The number of hydrazine groups is 1. The fraction of sp³-hybridized carbons (Fsp3) is 0.115. The molecular weight excluding hydrogens is 454 g/mol. The van der Waals surface area contributed by atoms with Gasteiger partial charge in [-0.25, -0.2) is 0 Å². The van der Waals surface area contributed by atoms with E-state index in [9.17, 15) is 14.4 Å². The van der Waals surface area contributed by atoms with Gasteiger partial charge in [0.05, 0.1) is 0 Å². The van der Waals surface area contributed by atoms with E-state index in [0.717, 1.165) is 11.1 Å². The van der Waals surface area contributed by atoms with Crippen LogP contribution in [-0.4, -0.2) is 24.3 Å². The smallest absolute Gasteiger partial charge is 0.269 e. The fourth-order valence-electron chi connectivity index (χ4n) is 2.81. The molecule has 3 aromatic rings. The van der Waals surface area contributed by atoms with E-state index in [0.29, 0.717) is 22.9 Å². The van der Waals surface area contributed by atoms with E-state index >= 15 is 0 Å². The van der Waals surface area contributed by atoms with Crippen molar-refractivity contribution in [1.82, 2.24) is 16.2 Å². The lowest BCUT2D eigenvalue weighted by molar-refractivity contribution is -0.122. The lowest BCUT2D eigenvalue weighted by Crippen LogP contribution is -2.42. The zero-order valence-electron chi connectivity index (χ0n) is 18.3. The highest BCUT2D eigenvalue weighted by molar-refractivity contribution is 6.30. The van der Waals surface area contributed by atoms with Gasteiger partial charge in [0.15, 0.2) is 0 Å². The molecule has 34 heavy (non-hydrogen) atoms. The van der Waals surface area contributed by atoms with Crippen LogP contribution in [0.5, 0.6) is 5.75 Å². The van der Waals surface area contributed by atoms with Gasteiger partial charge in [0, 0.05) is 29.6 Å². The van der Waals surface area contributed by atoms with Crippen molar-refractivity contribution in [3.8, 4) is 5.75 Å². The Morgan fingerprint density at radius 2 is 1.56 bits per heavy atom. The van der Waals surface area contributed by atoms with Crippen LogP contribution >= 0.6 is 11.6 Å². The molecule has 0 heterocycles. The van der Waals surface area contributed by atoms with E-state index in [1.807, 2.05) is 30.3 Å². The van der Waals surface area contributed by atoms with Crippen molar-refractivity contribution in [2.75, 3.05) is 6.54 Å². The lowest BCUT2D eigenvalue weighted by Gasteiger charge is -2.09. The Bertz CT molecular complexity index is 1130. The molecule has 174 valence electrons. The summed E-state index contributed by atoms with van der Waals surface area (Å²) in [6.45, 7) is 0.481. The molecule has 0 radical (unpaired) electrons. The second-order valence-corrected chi connectivity index (χ2v) is 7.66. The molecule has 7 nitrogen and oxygen atoms in total. The SMILES string of the molecule is O=C(C=Cc1ccccc1)NCCC(=O)NNC(=O)c1ccc(COc2ccc(Cl)cc2)cc1. The summed E-state index contributed by atoms with van der Waals surface area (Å²) in [4.78, 5) is 35.9. The molecule has 0 atom stereocenters. The number of nitrogens with one attached hydrogen (secondary N) is 3.